The molecule has 1 aliphatic heterocycles. The second kappa shape index (κ2) is 8.59. The zero-order chi connectivity index (χ0) is 21.1. The Hall–Kier alpha value is -2.68. The van der Waals surface area contributed by atoms with Crippen molar-refractivity contribution in [1.82, 2.24) is 9.47 Å². The van der Waals surface area contributed by atoms with E-state index in [1.54, 1.807) is 12.1 Å². The number of anilines is 1. The lowest BCUT2D eigenvalue weighted by Crippen LogP contribution is -2.38. The van der Waals surface area contributed by atoms with E-state index >= 15 is 0 Å². The first kappa shape index (κ1) is 20.6. The van der Waals surface area contributed by atoms with E-state index in [1.807, 2.05) is 24.3 Å². The third-order valence-corrected chi connectivity index (χ3v) is 6.48. The minimum absolute atomic E-state index is 0.0258. The van der Waals surface area contributed by atoms with Gasteiger partial charge in [0.25, 0.3) is 5.91 Å². The normalized spacial score (nSPS) is 15.4. The Morgan fingerprint density at radius 1 is 1.07 bits per heavy atom. The minimum Gasteiger partial charge on any atom is -0.379 e. The third kappa shape index (κ3) is 4.56. The third-order valence-electron chi connectivity index (χ3n) is 5.32. The Morgan fingerprint density at radius 2 is 1.83 bits per heavy atom. The van der Waals surface area contributed by atoms with Gasteiger partial charge in [-0.25, -0.2) is 8.42 Å². The second-order valence-electron chi connectivity index (χ2n) is 7.46. The summed E-state index contributed by atoms with van der Waals surface area (Å²) in [5, 5.41) is 3.84. The average molecular weight is 428 g/mol. The molecule has 4 rings (SSSR count). The van der Waals surface area contributed by atoms with Gasteiger partial charge in [0.15, 0.2) is 9.84 Å². The van der Waals surface area contributed by atoms with Crippen LogP contribution in [-0.4, -0.2) is 62.9 Å². The largest absolute Gasteiger partial charge is 0.379 e. The van der Waals surface area contributed by atoms with Crippen LogP contribution in [0, 0.1) is 0 Å². The van der Waals surface area contributed by atoms with Crippen molar-refractivity contribution < 1.29 is 17.9 Å². The first-order valence-electron chi connectivity index (χ1n) is 9.91. The van der Waals surface area contributed by atoms with Crippen LogP contribution in [0.4, 0.5) is 5.69 Å². The van der Waals surface area contributed by atoms with E-state index in [4.69, 9.17) is 4.74 Å². The first-order chi connectivity index (χ1) is 14.4. The van der Waals surface area contributed by atoms with Crippen LogP contribution in [0.25, 0.3) is 10.9 Å². The van der Waals surface area contributed by atoms with Crippen molar-refractivity contribution in [1.29, 1.82) is 0 Å². The molecule has 8 heteroatoms. The van der Waals surface area contributed by atoms with Crippen LogP contribution >= 0.6 is 0 Å². The van der Waals surface area contributed by atoms with Gasteiger partial charge in [-0.05, 0) is 36.4 Å². The highest BCUT2D eigenvalue weighted by Gasteiger charge is 2.18. The predicted molar refractivity (Wildman–Crippen MR) is 117 cm³/mol. The number of nitrogens with zero attached hydrogens (tertiary/aromatic N) is 2. The summed E-state index contributed by atoms with van der Waals surface area (Å²) in [4.78, 5) is 15.1. The van der Waals surface area contributed by atoms with Crippen molar-refractivity contribution in [2.75, 3.05) is 44.4 Å². The molecule has 158 valence electrons. The zero-order valence-electron chi connectivity index (χ0n) is 16.9. The Labute approximate surface area is 176 Å². The van der Waals surface area contributed by atoms with Crippen molar-refractivity contribution in [3.8, 4) is 0 Å². The number of benzene rings is 2. The van der Waals surface area contributed by atoms with Gasteiger partial charge < -0.3 is 14.6 Å². The molecule has 1 fully saturated rings. The number of morpholine rings is 1. The van der Waals surface area contributed by atoms with Crippen LogP contribution in [0.15, 0.2) is 59.6 Å². The van der Waals surface area contributed by atoms with Crippen molar-refractivity contribution >= 4 is 32.3 Å². The van der Waals surface area contributed by atoms with Crippen molar-refractivity contribution in [2.45, 2.75) is 11.4 Å². The van der Waals surface area contributed by atoms with Crippen LogP contribution in [0.2, 0.25) is 0 Å². The molecule has 0 bridgehead atoms. The number of ether oxygens (including phenoxy) is 1. The fraction of sp³-hybridized carbons (Fsp3) is 0.318. The van der Waals surface area contributed by atoms with E-state index in [0.717, 1.165) is 56.6 Å². The number of sulfone groups is 1. The number of hydrogen-bond acceptors (Lipinski definition) is 5. The Morgan fingerprint density at radius 3 is 2.60 bits per heavy atom. The van der Waals surface area contributed by atoms with E-state index in [-0.39, 0.29) is 10.5 Å². The molecule has 1 aromatic heterocycles. The van der Waals surface area contributed by atoms with Gasteiger partial charge in [0.05, 0.1) is 23.7 Å². The molecule has 0 radical (unpaired) electrons. The quantitative estimate of drug-likeness (QED) is 0.654. The second-order valence-corrected chi connectivity index (χ2v) is 9.44. The lowest BCUT2D eigenvalue weighted by Gasteiger charge is -2.26. The van der Waals surface area contributed by atoms with Gasteiger partial charge in [-0.3, -0.25) is 9.69 Å². The van der Waals surface area contributed by atoms with Crippen molar-refractivity contribution in [3.05, 3.63) is 60.3 Å². The molecule has 30 heavy (non-hydrogen) atoms. The fourth-order valence-corrected chi connectivity index (χ4v) is 4.61. The number of hydrogen-bond donors (Lipinski definition) is 1. The highest BCUT2D eigenvalue weighted by molar-refractivity contribution is 7.90. The first-order valence-corrected chi connectivity index (χ1v) is 11.8. The van der Waals surface area contributed by atoms with Gasteiger partial charge in [0, 0.05) is 55.2 Å². The topological polar surface area (TPSA) is 80.6 Å². The van der Waals surface area contributed by atoms with Gasteiger partial charge in [-0.2, -0.15) is 0 Å². The molecule has 3 aromatic rings. The number of carbonyl (C=O) groups excluding carboxylic acids is 1. The standard InChI is InChI=1S/C22H25N3O4S/c1-30(27,28)21-5-3-2-4-19(21)22(26)23-18-6-7-20-17(16-18)8-9-25(20)11-10-24-12-14-29-15-13-24/h2-9,16H,10-15H2,1H3,(H,23,26). The van der Waals surface area contributed by atoms with E-state index in [2.05, 4.69) is 21.0 Å². The Bertz CT molecular complexity index is 1160. The number of rotatable bonds is 6. The predicted octanol–water partition coefficient (Wildman–Crippen LogP) is 2.63. The molecule has 0 spiro atoms. The number of carbonyl (C=O) groups is 1. The number of nitrogens with one attached hydrogen (secondary N) is 1. The summed E-state index contributed by atoms with van der Waals surface area (Å²) in [6.07, 6.45) is 3.15. The van der Waals surface area contributed by atoms with Gasteiger partial charge in [0.2, 0.25) is 0 Å². The summed E-state index contributed by atoms with van der Waals surface area (Å²) in [6, 6.07) is 14.0. The van der Waals surface area contributed by atoms with E-state index < -0.39 is 15.7 Å². The van der Waals surface area contributed by atoms with Crippen LogP contribution < -0.4 is 5.32 Å². The summed E-state index contributed by atoms with van der Waals surface area (Å²) in [6.45, 7) is 5.36. The van der Waals surface area contributed by atoms with Gasteiger partial charge in [-0.1, -0.05) is 12.1 Å². The average Bonchev–Trinajstić information content (AvgIpc) is 3.14. The summed E-state index contributed by atoms with van der Waals surface area (Å²) < 4.78 is 31.5. The molecule has 0 atom stereocenters. The van der Waals surface area contributed by atoms with Crippen LogP contribution in [-0.2, 0) is 21.1 Å². The van der Waals surface area contributed by atoms with Crippen LogP contribution in [0.1, 0.15) is 10.4 Å². The summed E-state index contributed by atoms with van der Waals surface area (Å²) in [7, 11) is -3.49. The molecule has 1 aliphatic rings. The Kier molecular flexibility index (Phi) is 5.90. The number of aromatic nitrogens is 1. The molecule has 0 aliphatic carbocycles. The Balaban J connectivity index is 1.49. The molecular weight excluding hydrogens is 402 g/mol. The molecule has 1 saturated heterocycles. The lowest BCUT2D eigenvalue weighted by molar-refractivity contribution is 0.0365. The molecular formula is C22H25N3O4S. The van der Waals surface area contributed by atoms with Crippen LogP contribution in [0.5, 0.6) is 0 Å². The maximum absolute atomic E-state index is 12.7. The molecule has 0 saturated carbocycles. The number of amides is 1. The SMILES string of the molecule is CS(=O)(=O)c1ccccc1C(=O)Nc1ccc2c(ccn2CCN2CCOCC2)c1. The summed E-state index contributed by atoms with van der Waals surface area (Å²) in [5.41, 5.74) is 1.86. The van der Waals surface area contributed by atoms with Gasteiger partial charge in [-0.15, -0.1) is 0 Å². The van der Waals surface area contributed by atoms with E-state index in [9.17, 15) is 13.2 Å². The summed E-state index contributed by atoms with van der Waals surface area (Å²) >= 11 is 0. The van der Waals surface area contributed by atoms with Crippen molar-refractivity contribution in [3.63, 3.8) is 0 Å². The molecule has 2 heterocycles. The fourth-order valence-electron chi connectivity index (χ4n) is 3.72. The number of fused-ring (bicyclic) bond motifs is 1. The van der Waals surface area contributed by atoms with Gasteiger partial charge in [0.1, 0.15) is 0 Å². The van der Waals surface area contributed by atoms with Gasteiger partial charge >= 0.3 is 0 Å². The molecule has 1 amide bonds. The lowest BCUT2D eigenvalue weighted by atomic mass is 10.2. The zero-order valence-corrected chi connectivity index (χ0v) is 17.7. The van der Waals surface area contributed by atoms with Crippen LogP contribution in [0.3, 0.4) is 0 Å². The molecule has 0 unspecified atom stereocenters. The highest BCUT2D eigenvalue weighted by Crippen LogP contribution is 2.22. The maximum atomic E-state index is 12.7. The molecule has 1 N–H and O–H groups in total. The smallest absolute Gasteiger partial charge is 0.256 e. The minimum atomic E-state index is -3.49. The molecule has 2 aromatic carbocycles. The van der Waals surface area contributed by atoms with E-state index in [1.165, 1.54) is 12.1 Å². The monoisotopic (exact) mass is 427 g/mol. The summed E-state index contributed by atoms with van der Waals surface area (Å²) in [5.74, 6) is -0.442. The highest BCUT2D eigenvalue weighted by atomic mass is 32.2. The van der Waals surface area contributed by atoms with E-state index in [0.29, 0.717) is 5.69 Å². The molecule has 7 nitrogen and oxygen atoms in total. The maximum Gasteiger partial charge on any atom is 0.256 e. The van der Waals surface area contributed by atoms with Crippen molar-refractivity contribution in [2.24, 2.45) is 0 Å².